The van der Waals surface area contributed by atoms with Crippen LogP contribution in [0.4, 0.5) is 0 Å². The number of rotatable bonds is 6. The maximum atomic E-state index is 12.3. The lowest BCUT2D eigenvalue weighted by atomic mass is 9.83. The molecule has 2 saturated carbocycles. The summed E-state index contributed by atoms with van der Waals surface area (Å²) in [7, 11) is -1.47. The normalized spacial score (nSPS) is 26.5. The van der Waals surface area contributed by atoms with Gasteiger partial charge in [0.05, 0.1) is 4.90 Å². The van der Waals surface area contributed by atoms with Crippen molar-refractivity contribution in [2.75, 3.05) is 0 Å². The lowest BCUT2D eigenvalue weighted by Crippen LogP contribution is -2.43. The van der Waals surface area contributed by atoms with Gasteiger partial charge >= 0.3 is 0 Å². The highest BCUT2D eigenvalue weighted by Gasteiger charge is 2.30. The third-order valence-corrected chi connectivity index (χ3v) is 5.73. The van der Waals surface area contributed by atoms with Crippen molar-refractivity contribution in [1.82, 2.24) is 14.6 Å². The lowest BCUT2D eigenvalue weighted by molar-refractivity contribution is 0.270. The smallest absolute Gasteiger partial charge is 0.242 e. The summed E-state index contributed by atoms with van der Waals surface area (Å²) in [5.41, 5.74) is 1.01. The maximum absolute atomic E-state index is 12.3. The first-order valence-corrected chi connectivity index (χ1v) is 8.83. The molecule has 1 heterocycles. The molecule has 0 radical (unpaired) electrons. The third kappa shape index (κ3) is 3.07. The van der Waals surface area contributed by atoms with Gasteiger partial charge in [0.25, 0.3) is 0 Å². The summed E-state index contributed by atoms with van der Waals surface area (Å²) in [6.45, 7) is 2.88. The largest absolute Gasteiger partial charge is 0.352 e. The summed E-state index contributed by atoms with van der Waals surface area (Å²) in [5.74, 6) is 0.636. The van der Waals surface area contributed by atoms with E-state index in [1.54, 1.807) is 12.3 Å². The molecule has 0 aromatic carbocycles. The molecule has 0 atom stereocenters. The molecule has 0 unspecified atom stereocenters. The van der Waals surface area contributed by atoms with E-state index in [-0.39, 0.29) is 6.04 Å². The summed E-state index contributed by atoms with van der Waals surface area (Å²) in [5, 5.41) is 3.41. The molecule has 20 heavy (non-hydrogen) atoms. The second kappa shape index (κ2) is 5.16. The quantitative estimate of drug-likeness (QED) is 0.833. The molecule has 0 aliphatic heterocycles. The van der Waals surface area contributed by atoms with Crippen LogP contribution in [0.15, 0.2) is 17.2 Å². The first kappa shape index (κ1) is 14.1. The van der Waals surface area contributed by atoms with Gasteiger partial charge in [-0.25, -0.2) is 13.1 Å². The molecular formula is C14H23N3O2S. The van der Waals surface area contributed by atoms with Gasteiger partial charge in [-0.15, -0.1) is 0 Å². The fraction of sp³-hybridized carbons (Fsp3) is 0.714. The predicted molar refractivity (Wildman–Crippen MR) is 77.8 cm³/mol. The molecule has 2 aliphatic rings. The van der Waals surface area contributed by atoms with Crippen LogP contribution in [-0.2, 0) is 23.6 Å². The summed E-state index contributed by atoms with van der Waals surface area (Å²) in [4.78, 5) is 0.382. The minimum absolute atomic E-state index is 0.114. The van der Waals surface area contributed by atoms with Crippen molar-refractivity contribution >= 4 is 10.0 Å². The first-order valence-electron chi connectivity index (χ1n) is 7.35. The zero-order valence-corrected chi connectivity index (χ0v) is 12.9. The molecule has 6 heteroatoms. The number of hydrogen-bond donors (Lipinski definition) is 2. The average molecular weight is 297 g/mol. The number of aromatic nitrogens is 1. The number of hydrogen-bond acceptors (Lipinski definition) is 3. The molecule has 2 aliphatic carbocycles. The molecule has 0 spiro atoms. The van der Waals surface area contributed by atoms with Crippen LogP contribution < -0.4 is 10.0 Å². The number of sulfonamides is 1. The summed E-state index contributed by atoms with van der Waals surface area (Å²) >= 11 is 0. The van der Waals surface area contributed by atoms with Crippen molar-refractivity contribution in [3.63, 3.8) is 0 Å². The highest BCUT2D eigenvalue weighted by Crippen LogP contribution is 2.28. The number of aryl methyl sites for hydroxylation is 1. The lowest BCUT2D eigenvalue weighted by Gasteiger charge is -2.32. The zero-order chi connectivity index (χ0) is 14.3. The van der Waals surface area contributed by atoms with Crippen LogP contribution in [0.1, 0.15) is 38.3 Å². The van der Waals surface area contributed by atoms with E-state index in [0.29, 0.717) is 16.9 Å². The Labute approximate surface area is 120 Å². The van der Waals surface area contributed by atoms with Crippen LogP contribution in [0.2, 0.25) is 0 Å². The van der Waals surface area contributed by atoms with E-state index >= 15 is 0 Å². The van der Waals surface area contributed by atoms with E-state index in [1.807, 2.05) is 11.6 Å². The van der Waals surface area contributed by atoms with Crippen molar-refractivity contribution in [2.45, 2.75) is 56.1 Å². The first-order chi connectivity index (χ1) is 9.44. The second-order valence-electron chi connectivity index (χ2n) is 6.33. The molecule has 0 saturated heterocycles. The van der Waals surface area contributed by atoms with Gasteiger partial charge in [-0.1, -0.05) is 6.92 Å². The Morgan fingerprint density at radius 2 is 2.00 bits per heavy atom. The number of nitrogens with one attached hydrogen (secondary N) is 2. The van der Waals surface area contributed by atoms with E-state index in [9.17, 15) is 8.42 Å². The minimum Gasteiger partial charge on any atom is -0.352 e. The molecule has 2 fully saturated rings. The van der Waals surface area contributed by atoms with Gasteiger partial charge in [-0.05, 0) is 37.7 Å². The van der Waals surface area contributed by atoms with E-state index in [0.717, 1.165) is 25.1 Å². The van der Waals surface area contributed by atoms with Crippen LogP contribution in [0.5, 0.6) is 0 Å². The maximum Gasteiger partial charge on any atom is 0.242 e. The molecule has 0 bridgehead atoms. The van der Waals surface area contributed by atoms with E-state index in [4.69, 9.17) is 0 Å². The number of nitrogens with zero attached hydrogens (tertiary/aromatic N) is 1. The molecule has 0 amide bonds. The highest BCUT2D eigenvalue weighted by molar-refractivity contribution is 7.89. The van der Waals surface area contributed by atoms with Gasteiger partial charge in [0, 0.05) is 37.6 Å². The van der Waals surface area contributed by atoms with Crippen LogP contribution >= 0.6 is 0 Å². The molecule has 3 rings (SSSR count). The van der Waals surface area contributed by atoms with Gasteiger partial charge in [-0.2, -0.15) is 0 Å². The zero-order valence-electron chi connectivity index (χ0n) is 12.1. The highest BCUT2D eigenvalue weighted by atomic mass is 32.2. The van der Waals surface area contributed by atoms with Crippen molar-refractivity contribution in [3.05, 3.63) is 18.0 Å². The topological polar surface area (TPSA) is 63.1 Å². The van der Waals surface area contributed by atoms with Crippen LogP contribution in [-0.4, -0.2) is 25.1 Å². The standard InChI is InChI=1S/C14H23N3O2S/c1-10-5-12(6-10)16-20(18,19)14-7-13(17(2)9-14)8-15-11-3-4-11/h7,9-12,15-16H,3-6,8H2,1-2H3. The summed E-state index contributed by atoms with van der Waals surface area (Å²) in [6, 6.07) is 2.52. The summed E-state index contributed by atoms with van der Waals surface area (Å²) < 4.78 is 29.3. The van der Waals surface area contributed by atoms with Gasteiger partial charge in [-0.3, -0.25) is 0 Å². The van der Waals surface area contributed by atoms with Gasteiger partial charge in [0.15, 0.2) is 0 Å². The molecule has 1 aromatic rings. The molecule has 2 N–H and O–H groups in total. The Kier molecular flexibility index (Phi) is 3.64. The Morgan fingerprint density at radius 3 is 2.60 bits per heavy atom. The predicted octanol–water partition coefficient (Wildman–Crippen LogP) is 1.35. The third-order valence-electron chi connectivity index (χ3n) is 4.24. The Balaban J connectivity index is 1.67. The van der Waals surface area contributed by atoms with Gasteiger partial charge < -0.3 is 9.88 Å². The fourth-order valence-corrected chi connectivity index (χ4v) is 4.08. The van der Waals surface area contributed by atoms with E-state index < -0.39 is 10.0 Å². The monoisotopic (exact) mass is 297 g/mol. The Hall–Kier alpha value is -0.850. The second-order valence-corrected chi connectivity index (χ2v) is 8.04. The van der Waals surface area contributed by atoms with E-state index in [2.05, 4.69) is 17.0 Å². The SMILES string of the molecule is CC1CC(NS(=O)(=O)c2cc(CNC3CC3)n(C)c2)C1. The van der Waals surface area contributed by atoms with Crippen LogP contribution in [0.25, 0.3) is 0 Å². The van der Waals surface area contributed by atoms with Gasteiger partial charge in [0.2, 0.25) is 10.0 Å². The van der Waals surface area contributed by atoms with E-state index in [1.165, 1.54) is 12.8 Å². The van der Waals surface area contributed by atoms with Crippen LogP contribution in [0.3, 0.4) is 0 Å². The fourth-order valence-electron chi connectivity index (χ4n) is 2.72. The average Bonchev–Trinajstić information content (AvgIpc) is 3.08. The van der Waals surface area contributed by atoms with Gasteiger partial charge in [0.1, 0.15) is 0 Å². The van der Waals surface area contributed by atoms with Crippen molar-refractivity contribution in [1.29, 1.82) is 0 Å². The van der Waals surface area contributed by atoms with Crippen molar-refractivity contribution in [3.8, 4) is 0 Å². The Morgan fingerprint density at radius 1 is 1.30 bits per heavy atom. The molecule has 1 aromatic heterocycles. The van der Waals surface area contributed by atoms with Crippen LogP contribution in [0, 0.1) is 5.92 Å². The van der Waals surface area contributed by atoms with Crippen molar-refractivity contribution in [2.24, 2.45) is 13.0 Å². The Bertz CT molecular complexity index is 584. The minimum atomic E-state index is -3.37. The molecular weight excluding hydrogens is 274 g/mol. The summed E-state index contributed by atoms with van der Waals surface area (Å²) in [6.07, 6.45) is 6.06. The molecule has 5 nitrogen and oxygen atoms in total. The molecule has 112 valence electrons. The van der Waals surface area contributed by atoms with Crippen molar-refractivity contribution < 1.29 is 8.42 Å².